The van der Waals surface area contributed by atoms with Crippen LogP contribution in [-0.2, 0) is 0 Å². The number of nitro groups is 1. The molecule has 0 aliphatic carbocycles. The number of hydrogen-bond acceptors (Lipinski definition) is 3. The molecule has 0 heterocycles. The second-order valence-corrected chi connectivity index (χ2v) is 3.89. The highest BCUT2D eigenvalue weighted by atomic mass is 16.6. The van der Waals surface area contributed by atoms with Crippen LogP contribution in [-0.4, -0.2) is 4.92 Å². The van der Waals surface area contributed by atoms with E-state index in [0.29, 0.717) is 16.7 Å². The van der Waals surface area contributed by atoms with Crippen LogP contribution >= 0.6 is 0 Å². The Balaban J connectivity index is 2.48. The summed E-state index contributed by atoms with van der Waals surface area (Å²) in [4.78, 5) is 10.7. The average molecular weight is 250 g/mol. The van der Waals surface area contributed by atoms with Crippen molar-refractivity contribution in [3.05, 3.63) is 81.4 Å². The molecule has 0 radical (unpaired) electrons. The minimum atomic E-state index is -0.422. The number of rotatable bonds is 3. The Morgan fingerprint density at radius 1 is 1.16 bits per heavy atom. The maximum Gasteiger partial charge on any atom is 0.277 e. The van der Waals surface area contributed by atoms with Gasteiger partial charge in [0.05, 0.1) is 22.1 Å². The molecule has 2 aromatic rings. The molecule has 0 unspecified atom stereocenters. The SMILES string of the molecule is N#Cc1cccc(C=C(c2ccccc2)[N+](=O)[O-])c1. The van der Waals surface area contributed by atoms with Crippen molar-refractivity contribution in [3.63, 3.8) is 0 Å². The van der Waals surface area contributed by atoms with Gasteiger partial charge in [-0.1, -0.05) is 30.3 Å². The summed E-state index contributed by atoms with van der Waals surface area (Å²) in [5, 5.41) is 19.9. The van der Waals surface area contributed by atoms with Crippen molar-refractivity contribution in [1.29, 1.82) is 5.26 Å². The molecule has 0 bridgehead atoms. The summed E-state index contributed by atoms with van der Waals surface area (Å²) in [6.07, 6.45) is 1.47. The van der Waals surface area contributed by atoms with E-state index in [9.17, 15) is 10.1 Å². The topological polar surface area (TPSA) is 66.9 Å². The number of benzene rings is 2. The first-order chi connectivity index (χ1) is 9.20. The van der Waals surface area contributed by atoms with Gasteiger partial charge in [-0.15, -0.1) is 0 Å². The number of nitrogens with zero attached hydrogens (tertiary/aromatic N) is 2. The van der Waals surface area contributed by atoms with Crippen LogP contribution in [0.5, 0.6) is 0 Å². The first-order valence-corrected chi connectivity index (χ1v) is 5.62. The molecule has 4 nitrogen and oxygen atoms in total. The minimum Gasteiger partial charge on any atom is -0.258 e. The van der Waals surface area contributed by atoms with Crippen LogP contribution in [0.3, 0.4) is 0 Å². The molecule has 0 fully saturated rings. The van der Waals surface area contributed by atoms with Crippen molar-refractivity contribution < 1.29 is 4.92 Å². The lowest BCUT2D eigenvalue weighted by molar-refractivity contribution is -0.374. The summed E-state index contributed by atoms with van der Waals surface area (Å²) in [5.41, 5.74) is 1.66. The molecule has 0 spiro atoms. The lowest BCUT2D eigenvalue weighted by Gasteiger charge is -1.99. The van der Waals surface area contributed by atoms with Crippen molar-refractivity contribution in [3.8, 4) is 6.07 Å². The van der Waals surface area contributed by atoms with Gasteiger partial charge in [0.1, 0.15) is 0 Å². The van der Waals surface area contributed by atoms with Crippen molar-refractivity contribution >= 4 is 11.8 Å². The van der Waals surface area contributed by atoms with E-state index in [4.69, 9.17) is 5.26 Å². The van der Waals surface area contributed by atoms with Gasteiger partial charge >= 0.3 is 0 Å². The molecule has 4 heteroatoms. The third kappa shape index (κ3) is 3.05. The van der Waals surface area contributed by atoms with Gasteiger partial charge in [0.15, 0.2) is 0 Å². The number of nitriles is 1. The molecule has 0 amide bonds. The van der Waals surface area contributed by atoms with E-state index in [1.165, 1.54) is 6.08 Å². The zero-order chi connectivity index (χ0) is 13.7. The molecule has 0 N–H and O–H groups in total. The van der Waals surface area contributed by atoms with Gasteiger partial charge in [0, 0.05) is 6.08 Å². The maximum absolute atomic E-state index is 11.1. The largest absolute Gasteiger partial charge is 0.277 e. The van der Waals surface area contributed by atoms with Crippen molar-refractivity contribution in [1.82, 2.24) is 0 Å². The molecule has 2 aromatic carbocycles. The van der Waals surface area contributed by atoms with Crippen LogP contribution in [0.25, 0.3) is 11.8 Å². The molecule has 0 aliphatic heterocycles. The highest BCUT2D eigenvalue weighted by Crippen LogP contribution is 2.19. The smallest absolute Gasteiger partial charge is 0.258 e. The Hall–Kier alpha value is -2.93. The Morgan fingerprint density at radius 2 is 1.89 bits per heavy atom. The normalized spacial score (nSPS) is 10.8. The predicted molar refractivity (Wildman–Crippen MR) is 72.5 cm³/mol. The molecule has 0 saturated carbocycles. The van der Waals surface area contributed by atoms with E-state index in [1.807, 2.05) is 6.07 Å². The molecule has 0 aliphatic rings. The summed E-state index contributed by atoms with van der Waals surface area (Å²) in [7, 11) is 0. The monoisotopic (exact) mass is 250 g/mol. The third-order valence-electron chi connectivity index (χ3n) is 2.59. The summed E-state index contributed by atoms with van der Waals surface area (Å²) in [6.45, 7) is 0. The molecule has 19 heavy (non-hydrogen) atoms. The van der Waals surface area contributed by atoms with Crippen molar-refractivity contribution in [2.75, 3.05) is 0 Å². The molecular formula is C15H10N2O2. The predicted octanol–water partition coefficient (Wildman–Crippen LogP) is 3.33. The van der Waals surface area contributed by atoms with Gasteiger partial charge in [0.25, 0.3) is 5.70 Å². The zero-order valence-corrected chi connectivity index (χ0v) is 9.98. The standard InChI is InChI=1S/C15H10N2O2/c16-11-13-6-4-5-12(9-13)10-15(17(18)19)14-7-2-1-3-8-14/h1-10H. The van der Waals surface area contributed by atoms with Gasteiger partial charge in [0.2, 0.25) is 0 Å². The molecular weight excluding hydrogens is 240 g/mol. The Kier molecular flexibility index (Phi) is 3.70. The van der Waals surface area contributed by atoms with Gasteiger partial charge in [-0.25, -0.2) is 0 Å². The minimum absolute atomic E-state index is 0.00990. The van der Waals surface area contributed by atoms with E-state index in [-0.39, 0.29) is 5.70 Å². The second-order valence-electron chi connectivity index (χ2n) is 3.89. The van der Waals surface area contributed by atoms with Crippen LogP contribution in [0.1, 0.15) is 16.7 Å². The van der Waals surface area contributed by atoms with Gasteiger partial charge in [-0.2, -0.15) is 5.26 Å². The van der Waals surface area contributed by atoms with Crippen molar-refractivity contribution in [2.24, 2.45) is 0 Å². The van der Waals surface area contributed by atoms with E-state index < -0.39 is 4.92 Å². The summed E-state index contributed by atoms with van der Waals surface area (Å²) >= 11 is 0. The number of hydrogen-bond donors (Lipinski definition) is 0. The fourth-order valence-electron chi connectivity index (χ4n) is 1.71. The fraction of sp³-hybridized carbons (Fsp3) is 0. The van der Waals surface area contributed by atoms with E-state index in [2.05, 4.69) is 0 Å². The second kappa shape index (κ2) is 5.61. The lowest BCUT2D eigenvalue weighted by Crippen LogP contribution is -1.97. The molecule has 0 saturated heterocycles. The van der Waals surface area contributed by atoms with Crippen LogP contribution < -0.4 is 0 Å². The van der Waals surface area contributed by atoms with Crippen LogP contribution in [0.15, 0.2) is 54.6 Å². The van der Waals surface area contributed by atoms with Gasteiger partial charge < -0.3 is 0 Å². The molecule has 92 valence electrons. The molecule has 2 rings (SSSR count). The van der Waals surface area contributed by atoms with Crippen molar-refractivity contribution in [2.45, 2.75) is 0 Å². The quantitative estimate of drug-likeness (QED) is 0.476. The zero-order valence-electron chi connectivity index (χ0n) is 9.98. The summed E-state index contributed by atoms with van der Waals surface area (Å²) in [6, 6.07) is 17.4. The lowest BCUT2D eigenvalue weighted by atomic mass is 10.1. The van der Waals surface area contributed by atoms with Crippen LogP contribution in [0.4, 0.5) is 0 Å². The average Bonchev–Trinajstić information content (AvgIpc) is 2.45. The Labute approximate surface area is 110 Å². The third-order valence-corrected chi connectivity index (χ3v) is 2.59. The van der Waals surface area contributed by atoms with Crippen LogP contribution in [0.2, 0.25) is 0 Å². The highest BCUT2D eigenvalue weighted by molar-refractivity contribution is 5.76. The first kappa shape index (κ1) is 12.5. The molecule has 0 aromatic heterocycles. The first-order valence-electron chi connectivity index (χ1n) is 5.62. The van der Waals surface area contributed by atoms with Gasteiger partial charge in [-0.05, 0) is 29.8 Å². The van der Waals surface area contributed by atoms with Gasteiger partial charge in [-0.3, -0.25) is 10.1 Å². The Bertz CT molecular complexity index is 670. The maximum atomic E-state index is 11.1. The van der Waals surface area contributed by atoms with E-state index in [0.717, 1.165) is 0 Å². The summed E-state index contributed by atoms with van der Waals surface area (Å²) in [5.74, 6) is 0. The summed E-state index contributed by atoms with van der Waals surface area (Å²) < 4.78 is 0. The van der Waals surface area contributed by atoms with Crippen LogP contribution in [0, 0.1) is 21.4 Å². The van der Waals surface area contributed by atoms with E-state index >= 15 is 0 Å². The Morgan fingerprint density at radius 3 is 2.53 bits per heavy atom. The fourth-order valence-corrected chi connectivity index (χ4v) is 1.71. The molecule has 0 atom stereocenters. The van der Waals surface area contributed by atoms with E-state index in [1.54, 1.807) is 54.6 Å². The highest BCUT2D eigenvalue weighted by Gasteiger charge is 2.13.